The Kier molecular flexibility index (Phi) is 3.15. The van der Waals surface area contributed by atoms with Gasteiger partial charge in [-0.1, -0.05) is 13.0 Å². The van der Waals surface area contributed by atoms with Gasteiger partial charge in [-0.25, -0.2) is 4.39 Å². The van der Waals surface area contributed by atoms with E-state index in [-0.39, 0.29) is 29.6 Å². The number of amides is 1. The van der Waals surface area contributed by atoms with E-state index >= 15 is 0 Å². The first-order valence-corrected chi connectivity index (χ1v) is 5.79. The first-order valence-electron chi connectivity index (χ1n) is 5.25. The first kappa shape index (κ1) is 11.4. The van der Waals surface area contributed by atoms with E-state index in [0.29, 0.717) is 0 Å². The predicted molar refractivity (Wildman–Crippen MR) is 60.9 cm³/mol. The minimum Gasteiger partial charge on any atom is -0.348 e. The Labute approximate surface area is 98.8 Å². The van der Waals surface area contributed by atoms with Crippen molar-refractivity contribution in [3.63, 3.8) is 0 Å². The summed E-state index contributed by atoms with van der Waals surface area (Å²) in [4.78, 5) is 11.3. The molecule has 0 radical (unpaired) electrons. The zero-order chi connectivity index (χ0) is 11.7. The van der Waals surface area contributed by atoms with Crippen LogP contribution in [0.2, 0.25) is 0 Å². The van der Waals surface area contributed by atoms with Crippen molar-refractivity contribution >= 4 is 17.5 Å². The molecule has 1 aliphatic carbocycles. The molecule has 0 aromatic heterocycles. The Morgan fingerprint density at radius 3 is 3.06 bits per heavy atom. The first-order chi connectivity index (χ1) is 7.61. The Morgan fingerprint density at radius 1 is 1.62 bits per heavy atom. The van der Waals surface area contributed by atoms with Crippen LogP contribution >= 0.6 is 11.6 Å². The van der Waals surface area contributed by atoms with Crippen LogP contribution in [-0.4, -0.2) is 11.8 Å². The van der Waals surface area contributed by atoms with E-state index in [9.17, 15) is 9.18 Å². The highest BCUT2D eigenvalue weighted by Crippen LogP contribution is 2.36. The summed E-state index contributed by atoms with van der Waals surface area (Å²) in [5, 5.41) is 2.82. The highest BCUT2D eigenvalue weighted by molar-refractivity contribution is 6.27. The second kappa shape index (κ2) is 4.42. The molecule has 0 bridgehead atoms. The monoisotopic (exact) mass is 241 g/mol. The second-order valence-electron chi connectivity index (χ2n) is 4.20. The molecule has 16 heavy (non-hydrogen) atoms. The highest BCUT2D eigenvalue weighted by Gasteiger charge is 2.30. The number of benzene rings is 1. The number of nitrogens with one attached hydrogen (secondary N) is 1. The number of rotatable bonds is 2. The van der Waals surface area contributed by atoms with Crippen molar-refractivity contribution in [2.24, 2.45) is 5.92 Å². The molecule has 1 N–H and O–H groups in total. The van der Waals surface area contributed by atoms with E-state index in [2.05, 4.69) is 5.32 Å². The average Bonchev–Trinajstić information content (AvgIpc) is 2.55. The lowest BCUT2D eigenvalue weighted by Gasteiger charge is -2.18. The van der Waals surface area contributed by atoms with Crippen molar-refractivity contribution in [2.75, 3.05) is 5.88 Å². The number of halogens is 2. The second-order valence-corrected chi connectivity index (χ2v) is 4.47. The van der Waals surface area contributed by atoms with E-state index in [1.807, 2.05) is 6.92 Å². The standard InChI is InChI=1S/C12H13ClFNO/c1-7-4-8-2-3-9(14)5-10(8)12(7)15-11(16)6-13/h2-3,5,7,12H,4,6H2,1H3,(H,15,16). The fourth-order valence-corrected chi connectivity index (χ4v) is 2.32. The van der Waals surface area contributed by atoms with Gasteiger partial charge >= 0.3 is 0 Å². The van der Waals surface area contributed by atoms with Crippen molar-refractivity contribution in [3.8, 4) is 0 Å². The topological polar surface area (TPSA) is 29.1 Å². The minimum atomic E-state index is -0.266. The number of fused-ring (bicyclic) bond motifs is 1. The van der Waals surface area contributed by atoms with Crippen LogP contribution in [0.4, 0.5) is 4.39 Å². The molecule has 2 rings (SSSR count). The lowest BCUT2D eigenvalue weighted by molar-refractivity contribution is -0.119. The Balaban J connectivity index is 2.27. The Bertz CT molecular complexity index is 421. The van der Waals surface area contributed by atoms with Gasteiger partial charge in [0, 0.05) is 0 Å². The summed E-state index contributed by atoms with van der Waals surface area (Å²) in [7, 11) is 0. The van der Waals surface area contributed by atoms with E-state index in [0.717, 1.165) is 17.5 Å². The van der Waals surface area contributed by atoms with E-state index in [4.69, 9.17) is 11.6 Å². The summed E-state index contributed by atoms with van der Waals surface area (Å²) in [5.41, 5.74) is 1.99. The molecule has 0 aliphatic heterocycles. The zero-order valence-corrected chi connectivity index (χ0v) is 9.72. The number of alkyl halides is 1. The summed E-state index contributed by atoms with van der Waals surface area (Å²) in [6, 6.07) is 4.63. The van der Waals surface area contributed by atoms with Gasteiger partial charge in [0.05, 0.1) is 6.04 Å². The molecule has 1 aromatic carbocycles. The molecular weight excluding hydrogens is 229 g/mol. The van der Waals surface area contributed by atoms with E-state index in [1.165, 1.54) is 12.1 Å². The van der Waals surface area contributed by atoms with Gasteiger partial charge in [0.2, 0.25) is 5.91 Å². The molecule has 86 valence electrons. The maximum Gasteiger partial charge on any atom is 0.235 e. The lowest BCUT2D eigenvalue weighted by atomic mass is 10.0. The average molecular weight is 242 g/mol. The number of carbonyl (C=O) groups is 1. The van der Waals surface area contributed by atoms with Gasteiger partial charge in [0.1, 0.15) is 11.7 Å². The Morgan fingerprint density at radius 2 is 2.38 bits per heavy atom. The lowest BCUT2D eigenvalue weighted by Crippen LogP contribution is -2.31. The third-order valence-electron chi connectivity index (χ3n) is 2.99. The molecule has 2 nitrogen and oxygen atoms in total. The van der Waals surface area contributed by atoms with Crippen LogP contribution in [0.25, 0.3) is 0 Å². The predicted octanol–water partition coefficient (Wildman–Crippen LogP) is 2.41. The van der Waals surface area contributed by atoms with Crippen molar-refractivity contribution < 1.29 is 9.18 Å². The molecule has 0 spiro atoms. The molecular formula is C12H13ClFNO. The minimum absolute atomic E-state index is 0.0616. The maximum absolute atomic E-state index is 13.1. The fourth-order valence-electron chi connectivity index (χ4n) is 2.24. The molecule has 1 amide bonds. The molecule has 0 heterocycles. The molecule has 1 aromatic rings. The maximum atomic E-state index is 13.1. The summed E-state index contributed by atoms with van der Waals surface area (Å²) < 4.78 is 13.1. The van der Waals surface area contributed by atoms with Gasteiger partial charge in [-0.05, 0) is 35.6 Å². The van der Waals surface area contributed by atoms with Crippen molar-refractivity contribution in [1.29, 1.82) is 0 Å². The molecule has 1 aliphatic rings. The van der Waals surface area contributed by atoms with Gasteiger partial charge in [-0.15, -0.1) is 11.6 Å². The molecule has 0 saturated heterocycles. The van der Waals surface area contributed by atoms with Crippen LogP contribution in [0.5, 0.6) is 0 Å². The van der Waals surface area contributed by atoms with E-state index in [1.54, 1.807) is 6.07 Å². The van der Waals surface area contributed by atoms with Gasteiger partial charge in [-0.3, -0.25) is 4.79 Å². The van der Waals surface area contributed by atoms with Gasteiger partial charge in [-0.2, -0.15) is 0 Å². The van der Waals surface area contributed by atoms with Crippen LogP contribution in [0, 0.1) is 11.7 Å². The summed E-state index contributed by atoms with van der Waals surface area (Å²) in [5.74, 6) is -0.258. The third kappa shape index (κ3) is 2.05. The van der Waals surface area contributed by atoms with Gasteiger partial charge in [0.25, 0.3) is 0 Å². The quantitative estimate of drug-likeness (QED) is 0.792. The largest absolute Gasteiger partial charge is 0.348 e. The highest BCUT2D eigenvalue weighted by atomic mass is 35.5. The molecule has 2 atom stereocenters. The Hall–Kier alpha value is -1.09. The summed E-state index contributed by atoms with van der Waals surface area (Å²) in [6.07, 6.45) is 0.864. The summed E-state index contributed by atoms with van der Waals surface area (Å²) in [6.45, 7) is 2.04. The van der Waals surface area contributed by atoms with Gasteiger partial charge in [0.15, 0.2) is 0 Å². The number of carbonyl (C=O) groups excluding carboxylic acids is 1. The smallest absolute Gasteiger partial charge is 0.235 e. The molecule has 0 fully saturated rings. The normalized spacial score (nSPS) is 22.9. The van der Waals surface area contributed by atoms with Gasteiger partial charge < -0.3 is 5.32 Å². The molecule has 2 unspecified atom stereocenters. The summed E-state index contributed by atoms with van der Waals surface area (Å²) >= 11 is 5.45. The van der Waals surface area contributed by atoms with Crippen molar-refractivity contribution in [2.45, 2.75) is 19.4 Å². The van der Waals surface area contributed by atoms with Crippen LogP contribution in [-0.2, 0) is 11.2 Å². The fraction of sp³-hybridized carbons (Fsp3) is 0.417. The zero-order valence-electron chi connectivity index (χ0n) is 8.97. The SMILES string of the molecule is CC1Cc2ccc(F)cc2C1NC(=O)CCl. The van der Waals surface area contributed by atoms with E-state index < -0.39 is 0 Å². The van der Waals surface area contributed by atoms with Crippen LogP contribution in [0.15, 0.2) is 18.2 Å². The third-order valence-corrected chi connectivity index (χ3v) is 3.23. The molecule has 4 heteroatoms. The van der Waals surface area contributed by atoms with Crippen LogP contribution in [0.3, 0.4) is 0 Å². The number of hydrogen-bond donors (Lipinski definition) is 1. The molecule has 0 saturated carbocycles. The van der Waals surface area contributed by atoms with Crippen molar-refractivity contribution in [1.82, 2.24) is 5.32 Å². The van der Waals surface area contributed by atoms with Crippen LogP contribution in [0.1, 0.15) is 24.1 Å². The van der Waals surface area contributed by atoms with Crippen molar-refractivity contribution in [3.05, 3.63) is 35.1 Å². The number of hydrogen-bond acceptors (Lipinski definition) is 1. The van der Waals surface area contributed by atoms with Crippen LogP contribution < -0.4 is 5.32 Å².